The topological polar surface area (TPSA) is 42.7 Å². The summed E-state index contributed by atoms with van der Waals surface area (Å²) in [5.41, 5.74) is 1.88. The minimum Gasteiger partial charge on any atom is -0.304 e. The number of nitrogens with one attached hydrogen (secondary N) is 1. The number of aryl methyl sites for hydroxylation is 1. The first-order chi connectivity index (χ1) is 8.24. The second kappa shape index (κ2) is 5.29. The van der Waals surface area contributed by atoms with Gasteiger partial charge in [-0.25, -0.2) is 0 Å². The van der Waals surface area contributed by atoms with E-state index in [-0.39, 0.29) is 6.04 Å². The quantitative estimate of drug-likeness (QED) is 0.904. The van der Waals surface area contributed by atoms with Gasteiger partial charge in [0.2, 0.25) is 0 Å². The van der Waals surface area contributed by atoms with Crippen molar-refractivity contribution in [3.8, 4) is 0 Å². The fourth-order valence-electron chi connectivity index (χ4n) is 1.84. The first-order valence-electron chi connectivity index (χ1n) is 5.55. The van der Waals surface area contributed by atoms with E-state index < -0.39 is 0 Å². The summed E-state index contributed by atoms with van der Waals surface area (Å²) in [6, 6.07) is 5.83. The molecule has 0 aliphatic rings. The third kappa shape index (κ3) is 2.48. The third-order valence-electron chi connectivity index (χ3n) is 2.60. The molecule has 0 radical (unpaired) electrons. The summed E-state index contributed by atoms with van der Waals surface area (Å²) in [4.78, 5) is 4.37. The molecule has 0 aliphatic heterocycles. The van der Waals surface area contributed by atoms with Crippen molar-refractivity contribution in [2.75, 3.05) is 6.54 Å². The third-order valence-corrected chi connectivity index (χ3v) is 2.89. The normalized spacial score (nSPS) is 12.6. The summed E-state index contributed by atoms with van der Waals surface area (Å²) in [5, 5.41) is 8.19. The lowest BCUT2D eigenvalue weighted by atomic mass is 10.1. The molecule has 2 rings (SSSR count). The summed E-state index contributed by atoms with van der Waals surface area (Å²) < 4.78 is 1.78. The van der Waals surface area contributed by atoms with Gasteiger partial charge in [-0.15, -0.1) is 0 Å². The average molecular weight is 251 g/mol. The number of hydrogen-bond acceptors (Lipinski definition) is 3. The van der Waals surface area contributed by atoms with Crippen LogP contribution in [0.2, 0.25) is 5.02 Å². The lowest BCUT2D eigenvalue weighted by Crippen LogP contribution is -2.25. The summed E-state index contributed by atoms with van der Waals surface area (Å²) in [6.45, 7) is 2.89. The fraction of sp³-hybridized carbons (Fsp3) is 0.333. The van der Waals surface area contributed by atoms with Crippen molar-refractivity contribution in [3.63, 3.8) is 0 Å². The zero-order chi connectivity index (χ0) is 12.3. The molecule has 0 saturated heterocycles. The van der Waals surface area contributed by atoms with Crippen LogP contribution in [-0.4, -0.2) is 21.3 Å². The molecule has 0 saturated carbocycles. The molecule has 0 spiro atoms. The van der Waals surface area contributed by atoms with E-state index in [4.69, 9.17) is 11.6 Å². The van der Waals surface area contributed by atoms with Crippen molar-refractivity contribution in [1.29, 1.82) is 0 Å². The van der Waals surface area contributed by atoms with Gasteiger partial charge < -0.3 is 5.32 Å². The van der Waals surface area contributed by atoms with E-state index in [1.54, 1.807) is 17.1 Å². The molecule has 1 N–H and O–H groups in total. The maximum atomic E-state index is 6.17. The van der Waals surface area contributed by atoms with E-state index in [9.17, 15) is 0 Å². The Morgan fingerprint density at radius 1 is 1.47 bits per heavy atom. The van der Waals surface area contributed by atoms with E-state index in [1.165, 1.54) is 0 Å². The Balaban J connectivity index is 2.43. The zero-order valence-corrected chi connectivity index (χ0v) is 10.6. The second-order valence-corrected chi connectivity index (χ2v) is 4.15. The minimum absolute atomic E-state index is 0.0267. The molecule has 0 aromatic carbocycles. The summed E-state index contributed by atoms with van der Waals surface area (Å²) >= 11 is 6.17. The Morgan fingerprint density at radius 3 is 2.82 bits per heavy atom. The highest BCUT2D eigenvalue weighted by molar-refractivity contribution is 6.31. The summed E-state index contributed by atoms with van der Waals surface area (Å²) in [5.74, 6) is 0. The fourth-order valence-corrected chi connectivity index (χ4v) is 2.11. The van der Waals surface area contributed by atoms with E-state index in [2.05, 4.69) is 22.3 Å². The SMILES string of the molecule is CCNC(c1ccccn1)c1c(Cl)cnn1C. The minimum atomic E-state index is -0.0267. The highest BCUT2D eigenvalue weighted by Gasteiger charge is 2.20. The molecule has 0 fully saturated rings. The van der Waals surface area contributed by atoms with Gasteiger partial charge in [0.15, 0.2) is 0 Å². The molecule has 4 nitrogen and oxygen atoms in total. The second-order valence-electron chi connectivity index (χ2n) is 3.75. The van der Waals surface area contributed by atoms with Crippen LogP contribution >= 0.6 is 11.6 Å². The van der Waals surface area contributed by atoms with Crippen molar-refractivity contribution < 1.29 is 0 Å². The molecule has 0 amide bonds. The Hall–Kier alpha value is -1.39. The highest BCUT2D eigenvalue weighted by Crippen LogP contribution is 2.26. The summed E-state index contributed by atoms with van der Waals surface area (Å²) in [6.07, 6.45) is 3.44. The predicted molar refractivity (Wildman–Crippen MR) is 68.0 cm³/mol. The monoisotopic (exact) mass is 250 g/mol. The first kappa shape index (κ1) is 12.1. The number of hydrogen-bond donors (Lipinski definition) is 1. The Bertz CT molecular complexity index is 461. The number of rotatable bonds is 4. The van der Waals surface area contributed by atoms with Crippen molar-refractivity contribution in [2.24, 2.45) is 7.05 Å². The van der Waals surface area contributed by atoms with Crippen molar-refractivity contribution in [1.82, 2.24) is 20.1 Å². The van der Waals surface area contributed by atoms with Crippen LogP contribution in [-0.2, 0) is 7.05 Å². The molecular formula is C12H15ClN4. The molecule has 1 unspecified atom stereocenters. The van der Waals surface area contributed by atoms with Crippen LogP contribution in [0.15, 0.2) is 30.6 Å². The van der Waals surface area contributed by atoms with Crippen molar-refractivity contribution in [3.05, 3.63) is 47.0 Å². The van der Waals surface area contributed by atoms with Gasteiger partial charge in [-0.1, -0.05) is 24.6 Å². The maximum Gasteiger partial charge on any atom is 0.0936 e. The number of halogens is 1. The standard InChI is InChI=1S/C12H15ClN4/c1-3-14-11(10-6-4-5-7-15-10)12-9(13)8-16-17(12)2/h4-8,11,14H,3H2,1-2H3. The van der Waals surface area contributed by atoms with Crippen LogP contribution in [0.3, 0.4) is 0 Å². The smallest absolute Gasteiger partial charge is 0.0936 e. The Labute approximate surface area is 106 Å². The van der Waals surface area contributed by atoms with Gasteiger partial charge in [0.25, 0.3) is 0 Å². The van der Waals surface area contributed by atoms with E-state index in [1.807, 2.05) is 25.2 Å². The van der Waals surface area contributed by atoms with Gasteiger partial charge >= 0.3 is 0 Å². The molecule has 17 heavy (non-hydrogen) atoms. The number of nitrogens with zero attached hydrogens (tertiary/aromatic N) is 3. The van der Waals surface area contributed by atoms with Crippen LogP contribution in [0.25, 0.3) is 0 Å². The zero-order valence-electron chi connectivity index (χ0n) is 9.89. The van der Waals surface area contributed by atoms with Crippen LogP contribution < -0.4 is 5.32 Å². The van der Waals surface area contributed by atoms with Crippen LogP contribution in [0, 0.1) is 0 Å². The molecule has 2 heterocycles. The van der Waals surface area contributed by atoms with Gasteiger partial charge in [-0.05, 0) is 18.7 Å². The van der Waals surface area contributed by atoms with Crippen LogP contribution in [0.1, 0.15) is 24.4 Å². The van der Waals surface area contributed by atoms with E-state index >= 15 is 0 Å². The van der Waals surface area contributed by atoms with Gasteiger partial charge in [0.05, 0.1) is 28.6 Å². The molecule has 0 bridgehead atoms. The van der Waals surface area contributed by atoms with Gasteiger partial charge in [0, 0.05) is 13.2 Å². The van der Waals surface area contributed by atoms with Gasteiger partial charge in [0.1, 0.15) is 0 Å². The van der Waals surface area contributed by atoms with Crippen LogP contribution in [0.4, 0.5) is 0 Å². The predicted octanol–water partition coefficient (Wildman–Crippen LogP) is 2.17. The van der Waals surface area contributed by atoms with Crippen LogP contribution in [0.5, 0.6) is 0 Å². The van der Waals surface area contributed by atoms with Crippen molar-refractivity contribution in [2.45, 2.75) is 13.0 Å². The lowest BCUT2D eigenvalue weighted by Gasteiger charge is -2.18. The Kier molecular flexibility index (Phi) is 3.76. The molecule has 0 aliphatic carbocycles. The summed E-state index contributed by atoms with van der Waals surface area (Å²) in [7, 11) is 1.88. The number of aromatic nitrogens is 3. The first-order valence-corrected chi connectivity index (χ1v) is 5.93. The largest absolute Gasteiger partial charge is 0.304 e. The van der Waals surface area contributed by atoms with Crippen molar-refractivity contribution >= 4 is 11.6 Å². The maximum absolute atomic E-state index is 6.17. The van der Waals surface area contributed by atoms with E-state index in [0.29, 0.717) is 5.02 Å². The highest BCUT2D eigenvalue weighted by atomic mass is 35.5. The molecular weight excluding hydrogens is 236 g/mol. The molecule has 5 heteroatoms. The van der Waals surface area contributed by atoms with Gasteiger partial charge in [-0.2, -0.15) is 5.10 Å². The van der Waals surface area contributed by atoms with E-state index in [0.717, 1.165) is 17.9 Å². The van der Waals surface area contributed by atoms with Gasteiger partial charge in [-0.3, -0.25) is 9.67 Å². The molecule has 1 atom stereocenters. The molecule has 90 valence electrons. The molecule has 2 aromatic rings. The lowest BCUT2D eigenvalue weighted by molar-refractivity contribution is 0.562. The molecule has 2 aromatic heterocycles. The number of pyridine rings is 1. The average Bonchev–Trinajstić information content (AvgIpc) is 2.68. The Morgan fingerprint density at radius 2 is 2.29 bits per heavy atom.